The topological polar surface area (TPSA) is 114 Å². The molecule has 182 valence electrons. The fourth-order valence-corrected chi connectivity index (χ4v) is 4.43. The average Bonchev–Trinajstić information content (AvgIpc) is 3.34. The number of nitrogens with zero attached hydrogens (tertiary/aromatic N) is 3. The van der Waals surface area contributed by atoms with Gasteiger partial charge in [-0.25, -0.2) is 4.79 Å². The second kappa shape index (κ2) is 10.0. The summed E-state index contributed by atoms with van der Waals surface area (Å²) in [6, 6.07) is 17.4. The van der Waals surface area contributed by atoms with E-state index < -0.39 is 12.1 Å². The number of benzene rings is 2. The maximum absolute atomic E-state index is 13.0. The Morgan fingerprint density at radius 1 is 1.09 bits per heavy atom. The van der Waals surface area contributed by atoms with Gasteiger partial charge in [0.15, 0.2) is 5.82 Å². The molecule has 1 aliphatic rings. The molecule has 0 unspecified atom stereocenters. The predicted octanol–water partition coefficient (Wildman–Crippen LogP) is 4.11. The van der Waals surface area contributed by atoms with Crippen molar-refractivity contribution in [1.82, 2.24) is 14.7 Å². The van der Waals surface area contributed by atoms with Crippen LogP contribution in [0.15, 0.2) is 54.6 Å². The average molecular weight is 477 g/mol. The third-order valence-corrected chi connectivity index (χ3v) is 6.12. The zero-order chi connectivity index (χ0) is 25.1. The van der Waals surface area contributed by atoms with Crippen molar-refractivity contribution in [1.29, 1.82) is 0 Å². The van der Waals surface area contributed by atoms with Crippen LogP contribution in [-0.4, -0.2) is 57.0 Å². The maximum atomic E-state index is 13.0. The van der Waals surface area contributed by atoms with E-state index in [1.54, 1.807) is 7.05 Å². The van der Waals surface area contributed by atoms with Gasteiger partial charge in [0.1, 0.15) is 12.3 Å². The summed E-state index contributed by atoms with van der Waals surface area (Å²) in [6.07, 6.45) is -0.831. The highest BCUT2D eigenvalue weighted by atomic mass is 16.5. The van der Waals surface area contributed by atoms with E-state index in [1.165, 1.54) is 15.6 Å². The van der Waals surface area contributed by atoms with Crippen molar-refractivity contribution in [3.05, 3.63) is 71.4 Å². The summed E-state index contributed by atoms with van der Waals surface area (Å²) < 4.78 is 6.90. The number of carbonyl (C=O) groups excluding carboxylic acids is 2. The van der Waals surface area contributed by atoms with Crippen molar-refractivity contribution in [2.75, 3.05) is 18.5 Å². The summed E-state index contributed by atoms with van der Waals surface area (Å²) in [7, 11) is 1.59. The van der Waals surface area contributed by atoms with Crippen LogP contribution in [0.1, 0.15) is 47.8 Å². The molecule has 0 radical (unpaired) electrons. The Balaban J connectivity index is 1.42. The number of nitrogens with one attached hydrogen (secondary N) is 1. The first-order chi connectivity index (χ1) is 16.8. The van der Waals surface area contributed by atoms with Crippen molar-refractivity contribution >= 4 is 23.8 Å². The number of aliphatic carboxylic acids is 1. The minimum Gasteiger partial charge on any atom is -0.481 e. The Labute approximate surface area is 203 Å². The quantitative estimate of drug-likeness (QED) is 0.506. The molecule has 3 aromatic rings. The number of hydrogen-bond donors (Lipinski definition) is 2. The van der Waals surface area contributed by atoms with Crippen LogP contribution in [0.3, 0.4) is 0 Å². The normalized spacial score (nSPS) is 12.2. The summed E-state index contributed by atoms with van der Waals surface area (Å²) in [5.74, 6) is -1.24. The Morgan fingerprint density at radius 3 is 2.26 bits per heavy atom. The molecule has 0 fully saturated rings. The van der Waals surface area contributed by atoms with Gasteiger partial charge in [-0.2, -0.15) is 5.10 Å². The number of amides is 2. The molecule has 0 saturated carbocycles. The van der Waals surface area contributed by atoms with Crippen molar-refractivity contribution in [2.24, 2.45) is 7.05 Å². The first-order valence-electron chi connectivity index (χ1n) is 11.4. The number of hydrogen-bond acceptors (Lipinski definition) is 5. The molecule has 2 N–H and O–H groups in total. The fraction of sp³-hybridized carbons (Fsp3) is 0.308. The van der Waals surface area contributed by atoms with Crippen molar-refractivity contribution in [3.8, 4) is 11.1 Å². The summed E-state index contributed by atoms with van der Waals surface area (Å²) in [6.45, 7) is 3.86. The second-order valence-corrected chi connectivity index (χ2v) is 8.73. The van der Waals surface area contributed by atoms with E-state index in [9.17, 15) is 14.4 Å². The maximum Gasteiger partial charge on any atom is 0.412 e. The van der Waals surface area contributed by atoms with Gasteiger partial charge in [-0.05, 0) is 36.1 Å². The Hall–Kier alpha value is -4.14. The molecule has 1 aromatic heterocycles. The molecule has 9 nitrogen and oxygen atoms in total. The molecule has 1 heterocycles. The highest BCUT2D eigenvalue weighted by molar-refractivity contribution is 5.95. The molecular weight excluding hydrogens is 448 g/mol. The number of fused-ring (bicyclic) bond motifs is 3. The Bertz CT molecular complexity index is 1220. The molecule has 2 aromatic carbocycles. The van der Waals surface area contributed by atoms with E-state index in [2.05, 4.69) is 22.5 Å². The summed E-state index contributed by atoms with van der Waals surface area (Å²) in [4.78, 5) is 38.0. The zero-order valence-corrected chi connectivity index (χ0v) is 19.9. The first kappa shape index (κ1) is 24.0. The van der Waals surface area contributed by atoms with Gasteiger partial charge in [0.25, 0.3) is 5.91 Å². The fourth-order valence-electron chi connectivity index (χ4n) is 4.43. The Morgan fingerprint density at radius 2 is 1.69 bits per heavy atom. The smallest absolute Gasteiger partial charge is 0.412 e. The van der Waals surface area contributed by atoms with Gasteiger partial charge in [0, 0.05) is 31.6 Å². The van der Waals surface area contributed by atoms with Crippen LogP contribution in [0, 0.1) is 0 Å². The lowest BCUT2D eigenvalue weighted by molar-refractivity contribution is -0.137. The highest BCUT2D eigenvalue weighted by Crippen LogP contribution is 2.44. The van der Waals surface area contributed by atoms with Gasteiger partial charge in [0.2, 0.25) is 0 Å². The molecule has 1 aliphatic carbocycles. The first-order valence-corrected chi connectivity index (χ1v) is 11.4. The van der Waals surface area contributed by atoms with Crippen molar-refractivity contribution in [2.45, 2.75) is 32.2 Å². The van der Waals surface area contributed by atoms with E-state index in [-0.39, 0.29) is 49.0 Å². The van der Waals surface area contributed by atoms with E-state index in [0.717, 1.165) is 22.3 Å². The number of rotatable bonds is 8. The lowest BCUT2D eigenvalue weighted by Crippen LogP contribution is -2.39. The molecule has 2 amide bonds. The van der Waals surface area contributed by atoms with Crippen LogP contribution in [0.4, 0.5) is 10.6 Å². The highest BCUT2D eigenvalue weighted by Gasteiger charge is 2.29. The van der Waals surface area contributed by atoms with Gasteiger partial charge in [-0.15, -0.1) is 0 Å². The lowest BCUT2D eigenvalue weighted by Gasteiger charge is -2.25. The zero-order valence-electron chi connectivity index (χ0n) is 19.9. The minimum atomic E-state index is -0.980. The van der Waals surface area contributed by atoms with Crippen LogP contribution < -0.4 is 5.32 Å². The van der Waals surface area contributed by atoms with Gasteiger partial charge in [0.05, 0.1) is 6.42 Å². The predicted molar refractivity (Wildman–Crippen MR) is 130 cm³/mol. The molecule has 0 spiro atoms. The number of carboxylic acid groups (broad SMARTS) is 1. The van der Waals surface area contributed by atoms with Crippen LogP contribution in [0.2, 0.25) is 0 Å². The third-order valence-electron chi connectivity index (χ3n) is 6.12. The number of aryl methyl sites for hydroxylation is 1. The van der Waals surface area contributed by atoms with E-state index in [0.29, 0.717) is 0 Å². The van der Waals surface area contributed by atoms with E-state index in [4.69, 9.17) is 9.84 Å². The standard InChI is InChI=1S/C26H28N4O5/c1-16(2)30(13-12-24(31)32)25(33)22-14-23(28-29(22)3)27-26(34)35-15-21-19-10-6-4-8-17(19)18-9-5-7-11-20(18)21/h4-11,14,16,21H,12-13,15H2,1-3H3,(H,31,32)(H,27,28,34). The molecule has 9 heteroatoms. The third kappa shape index (κ3) is 5.03. The molecule has 0 saturated heterocycles. The molecule has 35 heavy (non-hydrogen) atoms. The molecular formula is C26H28N4O5. The number of carboxylic acids is 1. The van der Waals surface area contributed by atoms with Crippen molar-refractivity contribution < 1.29 is 24.2 Å². The van der Waals surface area contributed by atoms with Crippen molar-refractivity contribution in [3.63, 3.8) is 0 Å². The van der Waals surface area contributed by atoms with E-state index in [1.807, 2.05) is 50.2 Å². The van der Waals surface area contributed by atoms with Crippen LogP contribution in [-0.2, 0) is 16.6 Å². The Kier molecular flexibility index (Phi) is 6.86. The van der Waals surface area contributed by atoms with Gasteiger partial charge in [-0.1, -0.05) is 48.5 Å². The lowest BCUT2D eigenvalue weighted by atomic mass is 9.98. The monoisotopic (exact) mass is 476 g/mol. The molecule has 0 aliphatic heterocycles. The number of aromatic nitrogens is 2. The second-order valence-electron chi connectivity index (χ2n) is 8.73. The van der Waals surface area contributed by atoms with Gasteiger partial charge >= 0.3 is 12.1 Å². The summed E-state index contributed by atoms with van der Waals surface area (Å²) >= 11 is 0. The van der Waals surface area contributed by atoms with Gasteiger partial charge in [-0.3, -0.25) is 19.6 Å². The molecule has 0 atom stereocenters. The van der Waals surface area contributed by atoms with Crippen LogP contribution in [0.5, 0.6) is 0 Å². The van der Waals surface area contributed by atoms with Crippen LogP contribution >= 0.6 is 0 Å². The summed E-state index contributed by atoms with van der Waals surface area (Å²) in [5, 5.41) is 15.8. The van der Waals surface area contributed by atoms with Gasteiger partial charge < -0.3 is 14.7 Å². The van der Waals surface area contributed by atoms with E-state index >= 15 is 0 Å². The number of carbonyl (C=O) groups is 3. The SMILES string of the molecule is CC(C)N(CCC(=O)O)C(=O)c1cc(NC(=O)OCC2c3ccccc3-c3ccccc32)nn1C. The minimum absolute atomic E-state index is 0.0668. The molecule has 0 bridgehead atoms. The number of ether oxygens (including phenoxy) is 1. The molecule has 4 rings (SSSR count). The summed E-state index contributed by atoms with van der Waals surface area (Å²) in [5.41, 5.74) is 4.74. The number of anilines is 1. The van der Waals surface area contributed by atoms with Crippen LogP contribution in [0.25, 0.3) is 11.1 Å². The largest absolute Gasteiger partial charge is 0.481 e.